The Balaban J connectivity index is 2.37. The van der Waals surface area contributed by atoms with Crippen LogP contribution < -0.4 is 5.43 Å². The minimum atomic E-state index is -1.02. The van der Waals surface area contributed by atoms with Crippen molar-refractivity contribution in [1.82, 2.24) is 4.57 Å². The molecule has 0 unspecified atom stereocenters. The van der Waals surface area contributed by atoms with Crippen molar-refractivity contribution in [3.8, 4) is 0 Å². The van der Waals surface area contributed by atoms with Gasteiger partial charge in [-0.2, -0.15) is 0 Å². The Labute approximate surface area is 108 Å². The highest BCUT2D eigenvalue weighted by Gasteiger charge is 2.28. The van der Waals surface area contributed by atoms with E-state index in [0.717, 1.165) is 12.8 Å². The molecule has 1 heterocycles. The number of carboxylic acid groups (broad SMARTS) is 1. The Morgan fingerprint density at radius 2 is 2.16 bits per heavy atom. The number of carboxylic acids is 1. The highest BCUT2D eigenvalue weighted by Crippen LogP contribution is 2.38. The zero-order chi connectivity index (χ0) is 13.6. The topological polar surface area (TPSA) is 59.3 Å². The van der Waals surface area contributed by atoms with Gasteiger partial charge in [0.2, 0.25) is 0 Å². The van der Waals surface area contributed by atoms with Crippen LogP contribution in [0.5, 0.6) is 0 Å². The smallest absolute Gasteiger partial charge is 0.309 e. The van der Waals surface area contributed by atoms with E-state index in [1.807, 2.05) is 0 Å². The number of fused-ring (bicyclic) bond motifs is 1. The molecule has 2 aromatic rings. The monoisotopic (exact) mass is 261 g/mol. The quantitative estimate of drug-likeness (QED) is 0.920. The van der Waals surface area contributed by atoms with Crippen molar-refractivity contribution in [3.63, 3.8) is 0 Å². The number of benzene rings is 1. The largest absolute Gasteiger partial charge is 0.481 e. The van der Waals surface area contributed by atoms with Gasteiger partial charge < -0.3 is 9.67 Å². The fourth-order valence-corrected chi connectivity index (χ4v) is 2.44. The van der Waals surface area contributed by atoms with E-state index < -0.39 is 11.8 Å². The van der Waals surface area contributed by atoms with E-state index in [2.05, 4.69) is 0 Å². The molecule has 3 rings (SSSR count). The van der Waals surface area contributed by atoms with Crippen LogP contribution in [-0.4, -0.2) is 15.6 Å². The summed E-state index contributed by atoms with van der Waals surface area (Å²) in [4.78, 5) is 22.8. The van der Waals surface area contributed by atoms with Gasteiger partial charge in [-0.25, -0.2) is 4.39 Å². The lowest BCUT2D eigenvalue weighted by atomic mass is 10.1. The average molecular weight is 261 g/mol. The lowest BCUT2D eigenvalue weighted by Gasteiger charge is -2.15. The second-order valence-electron chi connectivity index (χ2n) is 4.81. The Bertz CT molecular complexity index is 731. The Hall–Kier alpha value is -2.17. The molecule has 1 aromatic heterocycles. The molecule has 0 aliphatic heterocycles. The van der Waals surface area contributed by atoms with Crippen LogP contribution in [0.25, 0.3) is 10.9 Å². The number of para-hydroxylation sites is 1. The van der Waals surface area contributed by atoms with Gasteiger partial charge in [0.15, 0.2) is 5.43 Å². The molecule has 0 saturated heterocycles. The number of halogens is 1. The summed E-state index contributed by atoms with van der Waals surface area (Å²) in [6, 6.07) is 5.78. The molecular weight excluding hydrogens is 249 g/mol. The Morgan fingerprint density at radius 1 is 1.42 bits per heavy atom. The van der Waals surface area contributed by atoms with Gasteiger partial charge in [0.25, 0.3) is 0 Å². The van der Waals surface area contributed by atoms with Crippen molar-refractivity contribution in [2.24, 2.45) is 0 Å². The maximum absolute atomic E-state index is 14.0. The van der Waals surface area contributed by atoms with Crippen molar-refractivity contribution >= 4 is 16.9 Å². The van der Waals surface area contributed by atoms with E-state index in [0.29, 0.717) is 11.1 Å². The number of rotatable bonds is 3. The summed E-state index contributed by atoms with van der Waals surface area (Å²) >= 11 is 0. The second kappa shape index (κ2) is 4.19. The van der Waals surface area contributed by atoms with E-state index in [1.165, 1.54) is 18.2 Å². The van der Waals surface area contributed by atoms with E-state index in [9.17, 15) is 14.0 Å². The number of aromatic nitrogens is 1. The van der Waals surface area contributed by atoms with E-state index >= 15 is 0 Å². The average Bonchev–Trinajstić information content (AvgIpc) is 3.14. The molecule has 5 heteroatoms. The van der Waals surface area contributed by atoms with Crippen LogP contribution in [0.3, 0.4) is 0 Å². The van der Waals surface area contributed by atoms with Gasteiger partial charge in [-0.05, 0) is 25.0 Å². The van der Waals surface area contributed by atoms with Crippen LogP contribution in [0.4, 0.5) is 4.39 Å². The molecule has 0 atom stereocenters. The first-order chi connectivity index (χ1) is 9.08. The third-order valence-electron chi connectivity index (χ3n) is 3.34. The van der Waals surface area contributed by atoms with Crippen LogP contribution in [0.15, 0.2) is 29.1 Å². The predicted octanol–water partition coefficient (Wildman–Crippen LogP) is 2.10. The van der Waals surface area contributed by atoms with E-state index in [4.69, 9.17) is 5.11 Å². The number of nitrogens with zero attached hydrogens (tertiary/aromatic N) is 1. The molecular formula is C14H12FNO3. The molecule has 98 valence electrons. The number of hydrogen-bond acceptors (Lipinski definition) is 2. The van der Waals surface area contributed by atoms with E-state index in [-0.39, 0.29) is 23.4 Å². The van der Waals surface area contributed by atoms with E-state index in [1.54, 1.807) is 10.6 Å². The number of carbonyl (C=O) groups is 1. The first-order valence-electron chi connectivity index (χ1n) is 6.12. The highest BCUT2D eigenvalue weighted by molar-refractivity contribution is 5.81. The normalized spacial score (nSPS) is 14.8. The van der Waals surface area contributed by atoms with Crippen LogP contribution in [-0.2, 0) is 11.2 Å². The SMILES string of the molecule is O=C(O)Cc1cc(=O)c2cccc(F)c2n1C1CC1. The van der Waals surface area contributed by atoms with Crippen molar-refractivity contribution < 1.29 is 14.3 Å². The Kier molecular flexibility index (Phi) is 2.62. The van der Waals surface area contributed by atoms with Gasteiger partial charge >= 0.3 is 5.97 Å². The van der Waals surface area contributed by atoms with Crippen LogP contribution in [0.1, 0.15) is 24.6 Å². The summed E-state index contributed by atoms with van der Waals surface area (Å²) in [6.07, 6.45) is 1.51. The number of aliphatic carboxylic acids is 1. The predicted molar refractivity (Wildman–Crippen MR) is 67.8 cm³/mol. The maximum Gasteiger partial charge on any atom is 0.309 e. The summed E-state index contributed by atoms with van der Waals surface area (Å²) in [7, 11) is 0. The minimum Gasteiger partial charge on any atom is -0.481 e. The summed E-state index contributed by atoms with van der Waals surface area (Å²) < 4.78 is 15.7. The second-order valence-corrected chi connectivity index (χ2v) is 4.81. The summed E-state index contributed by atoms with van der Waals surface area (Å²) in [5.74, 6) is -1.50. The van der Waals surface area contributed by atoms with Crippen molar-refractivity contribution in [3.05, 3.63) is 46.0 Å². The minimum absolute atomic E-state index is 0.106. The fourth-order valence-electron chi connectivity index (χ4n) is 2.44. The summed E-state index contributed by atoms with van der Waals surface area (Å²) in [6.45, 7) is 0. The van der Waals surface area contributed by atoms with Crippen molar-refractivity contribution in [1.29, 1.82) is 0 Å². The third kappa shape index (κ3) is 2.01. The maximum atomic E-state index is 14.0. The molecule has 1 saturated carbocycles. The molecule has 1 aliphatic rings. The summed E-state index contributed by atoms with van der Waals surface area (Å²) in [5, 5.41) is 9.22. The van der Waals surface area contributed by atoms with Crippen molar-refractivity contribution in [2.75, 3.05) is 0 Å². The van der Waals surface area contributed by atoms with Gasteiger partial charge in [-0.1, -0.05) is 6.07 Å². The lowest BCUT2D eigenvalue weighted by molar-refractivity contribution is -0.136. The molecule has 0 bridgehead atoms. The van der Waals surface area contributed by atoms with Gasteiger partial charge in [-0.3, -0.25) is 9.59 Å². The molecule has 1 N–H and O–H groups in total. The number of pyridine rings is 1. The highest BCUT2D eigenvalue weighted by atomic mass is 19.1. The Morgan fingerprint density at radius 3 is 2.79 bits per heavy atom. The zero-order valence-corrected chi connectivity index (χ0v) is 10.1. The fraction of sp³-hybridized carbons (Fsp3) is 0.286. The van der Waals surface area contributed by atoms with Gasteiger partial charge in [-0.15, -0.1) is 0 Å². The van der Waals surface area contributed by atoms with Crippen LogP contribution >= 0.6 is 0 Å². The van der Waals surface area contributed by atoms with Gasteiger partial charge in [0, 0.05) is 23.2 Å². The van der Waals surface area contributed by atoms with Gasteiger partial charge in [0.1, 0.15) is 5.82 Å². The molecule has 0 amide bonds. The summed E-state index contributed by atoms with van der Waals surface area (Å²) in [5.41, 5.74) is 0.272. The molecule has 1 aromatic carbocycles. The molecule has 0 radical (unpaired) electrons. The third-order valence-corrected chi connectivity index (χ3v) is 3.34. The molecule has 1 fully saturated rings. The molecule has 19 heavy (non-hydrogen) atoms. The molecule has 0 spiro atoms. The first kappa shape index (κ1) is 11.9. The molecule has 4 nitrogen and oxygen atoms in total. The van der Waals surface area contributed by atoms with Crippen molar-refractivity contribution in [2.45, 2.75) is 25.3 Å². The first-order valence-corrected chi connectivity index (χ1v) is 6.12. The number of hydrogen-bond donors (Lipinski definition) is 1. The van der Waals surface area contributed by atoms with Gasteiger partial charge in [0.05, 0.1) is 11.9 Å². The van der Waals surface area contributed by atoms with Crippen LogP contribution in [0, 0.1) is 5.82 Å². The zero-order valence-electron chi connectivity index (χ0n) is 10.1. The standard InChI is InChI=1S/C14H12FNO3/c15-11-3-1-2-10-12(17)6-9(7-13(18)19)16(14(10)11)8-4-5-8/h1-3,6,8H,4-5,7H2,(H,18,19). The molecule has 1 aliphatic carbocycles. The lowest BCUT2D eigenvalue weighted by Crippen LogP contribution is -2.17. The van der Waals surface area contributed by atoms with Crippen LogP contribution in [0.2, 0.25) is 0 Å².